The number of nitrogens with zero attached hydrogens (tertiary/aromatic N) is 1. The molecule has 0 spiro atoms. The summed E-state index contributed by atoms with van der Waals surface area (Å²) >= 11 is 0. The van der Waals surface area contributed by atoms with Gasteiger partial charge in [-0.15, -0.1) is 0 Å². The van der Waals surface area contributed by atoms with Crippen molar-refractivity contribution in [3.05, 3.63) is 59.7 Å². The number of hydrogen-bond acceptors (Lipinski definition) is 6. The number of fused-ring (bicyclic) bond motifs is 1. The molecule has 0 aliphatic carbocycles. The van der Waals surface area contributed by atoms with Crippen molar-refractivity contribution in [3.8, 4) is 5.75 Å². The fourth-order valence-electron chi connectivity index (χ4n) is 2.65. The molecule has 9 nitrogen and oxygen atoms in total. The van der Waals surface area contributed by atoms with Gasteiger partial charge in [-0.3, -0.25) is 30.2 Å². The van der Waals surface area contributed by atoms with Gasteiger partial charge in [0.25, 0.3) is 21.8 Å². The van der Waals surface area contributed by atoms with Gasteiger partial charge in [-0.1, -0.05) is 12.1 Å². The molecule has 0 aromatic heterocycles. The van der Waals surface area contributed by atoms with E-state index in [1.807, 2.05) is 6.92 Å². The lowest BCUT2D eigenvalue weighted by atomic mass is 10.2. The molecule has 0 radical (unpaired) electrons. The van der Waals surface area contributed by atoms with Gasteiger partial charge < -0.3 is 4.74 Å². The number of hydrogen-bond donors (Lipinski definition) is 3. The van der Waals surface area contributed by atoms with Crippen molar-refractivity contribution in [3.63, 3.8) is 0 Å². The second-order valence-corrected chi connectivity index (χ2v) is 7.81. The van der Waals surface area contributed by atoms with Crippen LogP contribution in [-0.2, 0) is 14.8 Å². The largest absolute Gasteiger partial charge is 0.494 e. The minimum atomic E-state index is -3.69. The average molecular weight is 416 g/mol. The Balaban J connectivity index is 1.63. The van der Waals surface area contributed by atoms with Crippen molar-refractivity contribution in [1.82, 2.24) is 15.6 Å². The van der Waals surface area contributed by atoms with Gasteiger partial charge in [-0.2, -0.15) is 0 Å². The normalized spacial score (nSPS) is 16.4. The number of benzene rings is 2. The number of carbonyl (C=O) groups excluding carboxylic acids is 2. The maximum absolute atomic E-state index is 12.2. The molecule has 2 amide bonds. The zero-order valence-electron chi connectivity index (χ0n) is 15.8. The first-order valence-corrected chi connectivity index (χ1v) is 10.3. The third-order valence-electron chi connectivity index (χ3n) is 4.09. The first kappa shape index (κ1) is 20.3. The molecule has 0 fully saturated rings. The predicted molar refractivity (Wildman–Crippen MR) is 106 cm³/mol. The van der Waals surface area contributed by atoms with Crippen LogP contribution in [0, 0.1) is 0 Å². The summed E-state index contributed by atoms with van der Waals surface area (Å²) in [4.78, 5) is 28.6. The highest BCUT2D eigenvalue weighted by atomic mass is 32.2. The first-order chi connectivity index (χ1) is 13.8. The molecule has 1 heterocycles. The van der Waals surface area contributed by atoms with Gasteiger partial charge in [0.2, 0.25) is 0 Å². The molecule has 10 heteroatoms. The highest BCUT2D eigenvalue weighted by Crippen LogP contribution is 2.22. The minimum absolute atomic E-state index is 0.0843. The summed E-state index contributed by atoms with van der Waals surface area (Å²) < 4.78 is 31.8. The Hall–Kier alpha value is -3.40. The molecule has 3 rings (SSSR count). The summed E-state index contributed by atoms with van der Waals surface area (Å²) in [6, 6.07) is 11.8. The summed E-state index contributed by atoms with van der Waals surface area (Å²) in [6.07, 6.45) is 0. The Morgan fingerprint density at radius 3 is 2.48 bits per heavy atom. The first-order valence-electron chi connectivity index (χ1n) is 8.85. The quantitative estimate of drug-likeness (QED) is 0.626. The minimum Gasteiger partial charge on any atom is -0.494 e. The third kappa shape index (κ3) is 4.54. The van der Waals surface area contributed by atoms with E-state index in [-0.39, 0.29) is 10.7 Å². The Bertz CT molecular complexity index is 1060. The molecule has 152 valence electrons. The molecular formula is C19H20N4O5S. The second-order valence-electron chi connectivity index (χ2n) is 6.16. The maximum Gasteiger partial charge on any atom is 0.269 e. The van der Waals surface area contributed by atoms with Gasteiger partial charge in [-0.25, -0.2) is 8.42 Å². The van der Waals surface area contributed by atoms with E-state index in [1.165, 1.54) is 13.0 Å². The lowest BCUT2D eigenvalue weighted by Crippen LogP contribution is -2.45. The van der Waals surface area contributed by atoms with Crippen LogP contribution in [0.2, 0.25) is 0 Å². The van der Waals surface area contributed by atoms with Crippen LogP contribution in [0.25, 0.3) is 0 Å². The van der Waals surface area contributed by atoms with Crippen LogP contribution < -0.4 is 20.3 Å². The van der Waals surface area contributed by atoms with E-state index < -0.39 is 27.9 Å². The van der Waals surface area contributed by atoms with E-state index in [2.05, 4.69) is 20.6 Å². The summed E-state index contributed by atoms with van der Waals surface area (Å²) in [5.41, 5.74) is 5.32. The number of amidine groups is 1. The molecular weight excluding hydrogens is 396 g/mol. The fourth-order valence-corrected chi connectivity index (χ4v) is 3.89. The van der Waals surface area contributed by atoms with Crippen LogP contribution in [0.1, 0.15) is 29.8 Å². The van der Waals surface area contributed by atoms with E-state index in [1.54, 1.807) is 42.5 Å². The van der Waals surface area contributed by atoms with Crippen LogP contribution in [-0.4, -0.2) is 38.7 Å². The second kappa shape index (κ2) is 8.31. The van der Waals surface area contributed by atoms with Gasteiger partial charge in [0, 0.05) is 11.1 Å². The lowest BCUT2D eigenvalue weighted by Gasteiger charge is -2.11. The van der Waals surface area contributed by atoms with Gasteiger partial charge in [-0.05, 0) is 50.2 Å². The number of rotatable bonds is 5. The number of carbonyl (C=O) groups is 2. The molecule has 1 aliphatic rings. The van der Waals surface area contributed by atoms with E-state index in [9.17, 15) is 18.0 Å². The van der Waals surface area contributed by atoms with E-state index in [4.69, 9.17) is 4.74 Å². The van der Waals surface area contributed by atoms with Gasteiger partial charge in [0.15, 0.2) is 0 Å². The fraction of sp³-hybridized carbons (Fsp3) is 0.211. The molecule has 1 aliphatic heterocycles. The Labute approximate surface area is 168 Å². The number of ether oxygens (including phenoxy) is 1. The Kier molecular flexibility index (Phi) is 5.83. The summed E-state index contributed by atoms with van der Waals surface area (Å²) in [7, 11) is -3.69. The zero-order chi connectivity index (χ0) is 21.0. The number of aliphatic imine (C=N–C) groups is 1. The zero-order valence-corrected chi connectivity index (χ0v) is 16.6. The van der Waals surface area contributed by atoms with Crippen LogP contribution in [0.5, 0.6) is 5.75 Å². The van der Waals surface area contributed by atoms with Crippen LogP contribution in [0.4, 0.5) is 0 Å². The lowest BCUT2D eigenvalue weighted by molar-refractivity contribution is -0.122. The van der Waals surface area contributed by atoms with Gasteiger partial charge in [0.05, 0.1) is 11.5 Å². The Morgan fingerprint density at radius 1 is 1.10 bits per heavy atom. The molecule has 29 heavy (non-hydrogen) atoms. The average Bonchev–Trinajstić information content (AvgIpc) is 2.97. The van der Waals surface area contributed by atoms with Crippen molar-refractivity contribution in [1.29, 1.82) is 0 Å². The van der Waals surface area contributed by atoms with Gasteiger partial charge >= 0.3 is 0 Å². The SMILES string of the molecule is CCOc1ccc(C(=O)NNC(=O)[C@H](C)N=C2NS(=O)(=O)c3ccccc32)cc1. The monoisotopic (exact) mass is 416 g/mol. The highest BCUT2D eigenvalue weighted by molar-refractivity contribution is 7.90. The van der Waals surface area contributed by atoms with Crippen LogP contribution in [0.15, 0.2) is 58.4 Å². The number of nitrogens with one attached hydrogen (secondary N) is 3. The smallest absolute Gasteiger partial charge is 0.269 e. The van der Waals surface area contributed by atoms with Crippen molar-refractivity contribution in [2.75, 3.05) is 6.61 Å². The van der Waals surface area contributed by atoms with Gasteiger partial charge in [0.1, 0.15) is 17.6 Å². The maximum atomic E-state index is 12.2. The van der Waals surface area contributed by atoms with Crippen molar-refractivity contribution in [2.24, 2.45) is 4.99 Å². The van der Waals surface area contributed by atoms with E-state index in [0.717, 1.165) is 0 Å². The highest BCUT2D eigenvalue weighted by Gasteiger charge is 2.31. The predicted octanol–water partition coefficient (Wildman–Crippen LogP) is 0.973. The topological polar surface area (TPSA) is 126 Å². The number of hydrazine groups is 1. The van der Waals surface area contributed by atoms with Crippen LogP contribution >= 0.6 is 0 Å². The third-order valence-corrected chi connectivity index (χ3v) is 5.49. The molecule has 0 saturated carbocycles. The molecule has 0 saturated heterocycles. The number of sulfonamides is 1. The molecule has 1 atom stereocenters. The summed E-state index contributed by atoms with van der Waals surface area (Å²) in [5, 5.41) is 0. The molecule has 3 N–H and O–H groups in total. The van der Waals surface area contributed by atoms with E-state index >= 15 is 0 Å². The standard InChI is InChI=1S/C19H20N4O5S/c1-3-28-14-10-8-13(9-11-14)19(25)22-21-18(24)12(2)20-17-15-6-4-5-7-16(15)29(26,27)23-17/h4-12H,3H2,1-2H3,(H,20,23)(H,21,24)(H,22,25)/t12-/m0/s1. The molecule has 2 aromatic rings. The molecule has 0 unspecified atom stereocenters. The van der Waals surface area contributed by atoms with Crippen molar-refractivity contribution < 1.29 is 22.7 Å². The van der Waals surface area contributed by atoms with E-state index in [0.29, 0.717) is 23.5 Å². The summed E-state index contributed by atoms with van der Waals surface area (Å²) in [6.45, 7) is 3.86. The van der Waals surface area contributed by atoms with Crippen LogP contribution in [0.3, 0.4) is 0 Å². The number of amides is 2. The molecule has 0 bridgehead atoms. The van der Waals surface area contributed by atoms with Crippen molar-refractivity contribution in [2.45, 2.75) is 24.8 Å². The Morgan fingerprint density at radius 2 is 1.79 bits per heavy atom. The summed E-state index contributed by atoms with van der Waals surface area (Å²) in [5.74, 6) is -0.383. The molecule has 2 aromatic carbocycles. The van der Waals surface area contributed by atoms with Crippen molar-refractivity contribution >= 4 is 27.7 Å².